The zero-order valence-electron chi connectivity index (χ0n) is 9.41. The van der Waals surface area contributed by atoms with Crippen molar-refractivity contribution < 1.29 is 9.90 Å². The minimum absolute atomic E-state index is 0.0520. The van der Waals surface area contributed by atoms with Gasteiger partial charge in [-0.2, -0.15) is 0 Å². The van der Waals surface area contributed by atoms with Crippen molar-refractivity contribution in [3.05, 3.63) is 0 Å². The molecule has 2 unspecified atom stereocenters. The smallest absolute Gasteiger partial charge is 0.230 e. The second kappa shape index (κ2) is 7.12. The summed E-state index contributed by atoms with van der Waals surface area (Å²) >= 11 is 1.48. The van der Waals surface area contributed by atoms with E-state index in [4.69, 9.17) is 0 Å². The molecule has 0 fully saturated rings. The maximum Gasteiger partial charge on any atom is 0.230 e. The lowest BCUT2D eigenvalue weighted by molar-refractivity contribution is -0.118. The van der Waals surface area contributed by atoms with Crippen LogP contribution >= 0.6 is 11.8 Å². The topological polar surface area (TPSA) is 49.3 Å². The molecule has 0 aliphatic heterocycles. The van der Waals surface area contributed by atoms with Gasteiger partial charge in [-0.15, -0.1) is 11.8 Å². The summed E-state index contributed by atoms with van der Waals surface area (Å²) in [6.07, 6.45) is -0.363. The Labute approximate surface area is 90.7 Å². The molecule has 0 aliphatic rings. The Morgan fingerprint density at radius 1 is 1.36 bits per heavy atom. The molecule has 2 atom stereocenters. The van der Waals surface area contributed by atoms with Crippen LogP contribution in [0.15, 0.2) is 0 Å². The summed E-state index contributed by atoms with van der Waals surface area (Å²) in [6, 6.07) is 0. The van der Waals surface area contributed by atoms with E-state index in [1.54, 1.807) is 6.92 Å². The molecule has 0 aromatic carbocycles. The number of aliphatic hydroxyl groups is 1. The highest BCUT2D eigenvalue weighted by Gasteiger charge is 2.11. The number of carbonyl (C=O) groups is 1. The van der Waals surface area contributed by atoms with Gasteiger partial charge >= 0.3 is 0 Å². The van der Waals surface area contributed by atoms with E-state index in [0.29, 0.717) is 11.7 Å². The van der Waals surface area contributed by atoms with Crippen LogP contribution in [0.5, 0.6) is 0 Å². The molecule has 0 heterocycles. The molecule has 0 rings (SSSR count). The van der Waals surface area contributed by atoms with Gasteiger partial charge in [0.05, 0.1) is 11.9 Å². The van der Waals surface area contributed by atoms with Gasteiger partial charge < -0.3 is 10.4 Å². The minimum atomic E-state index is -0.363. The Morgan fingerprint density at radius 3 is 2.36 bits per heavy atom. The predicted molar refractivity (Wildman–Crippen MR) is 61.4 cm³/mol. The van der Waals surface area contributed by atoms with Crippen molar-refractivity contribution in [3.63, 3.8) is 0 Å². The van der Waals surface area contributed by atoms with Gasteiger partial charge in [-0.25, -0.2) is 0 Å². The van der Waals surface area contributed by atoms with E-state index in [2.05, 4.69) is 19.2 Å². The lowest BCUT2D eigenvalue weighted by Crippen LogP contribution is -2.30. The maximum absolute atomic E-state index is 11.3. The van der Waals surface area contributed by atoms with Crippen molar-refractivity contribution in [3.8, 4) is 0 Å². The Bertz CT molecular complexity index is 172. The van der Waals surface area contributed by atoms with Gasteiger partial charge in [-0.3, -0.25) is 4.79 Å². The average Bonchev–Trinajstić information content (AvgIpc) is 2.10. The summed E-state index contributed by atoms with van der Waals surface area (Å²) in [6.45, 7) is 8.51. The maximum atomic E-state index is 11.3. The van der Waals surface area contributed by atoms with Crippen LogP contribution in [0.1, 0.15) is 27.7 Å². The third-order valence-corrected chi connectivity index (χ3v) is 3.21. The Balaban J connectivity index is 3.54. The van der Waals surface area contributed by atoms with Crippen molar-refractivity contribution in [2.75, 3.05) is 12.3 Å². The zero-order chi connectivity index (χ0) is 11.1. The van der Waals surface area contributed by atoms with Gasteiger partial charge in [0, 0.05) is 11.8 Å². The molecule has 0 aliphatic carbocycles. The largest absolute Gasteiger partial charge is 0.392 e. The number of thioether (sulfide) groups is 1. The Hall–Kier alpha value is -0.220. The van der Waals surface area contributed by atoms with Crippen LogP contribution in [-0.4, -0.2) is 34.7 Å². The molecule has 0 saturated carbocycles. The van der Waals surface area contributed by atoms with Crippen LogP contribution < -0.4 is 5.32 Å². The van der Waals surface area contributed by atoms with Crippen LogP contribution in [0, 0.1) is 5.92 Å². The van der Waals surface area contributed by atoms with Gasteiger partial charge in [0.15, 0.2) is 0 Å². The van der Waals surface area contributed by atoms with E-state index in [1.165, 1.54) is 11.8 Å². The molecule has 0 spiro atoms. The van der Waals surface area contributed by atoms with Crippen molar-refractivity contribution in [1.82, 2.24) is 5.32 Å². The van der Waals surface area contributed by atoms with Gasteiger partial charge in [0.2, 0.25) is 5.91 Å². The van der Waals surface area contributed by atoms with E-state index in [-0.39, 0.29) is 17.3 Å². The van der Waals surface area contributed by atoms with Crippen LogP contribution in [0.2, 0.25) is 0 Å². The molecule has 3 nitrogen and oxygen atoms in total. The lowest BCUT2D eigenvalue weighted by atomic mass is 10.2. The highest BCUT2D eigenvalue weighted by molar-refractivity contribution is 8.00. The quantitative estimate of drug-likeness (QED) is 0.707. The normalized spacial score (nSPS) is 15.3. The SMILES string of the molecule is CC(C)CNC(=O)CSC(C)C(C)O. The van der Waals surface area contributed by atoms with Gasteiger partial charge in [0.25, 0.3) is 0 Å². The molecule has 2 N–H and O–H groups in total. The summed E-state index contributed by atoms with van der Waals surface area (Å²) in [5.41, 5.74) is 0. The van der Waals surface area contributed by atoms with Crippen molar-refractivity contribution in [2.45, 2.75) is 39.0 Å². The molecule has 0 aromatic rings. The number of hydrogen-bond donors (Lipinski definition) is 2. The van der Waals surface area contributed by atoms with Crippen LogP contribution in [0.3, 0.4) is 0 Å². The first-order chi connectivity index (χ1) is 6.43. The van der Waals surface area contributed by atoms with E-state index >= 15 is 0 Å². The molecular weight excluding hydrogens is 198 g/mol. The number of hydrogen-bond acceptors (Lipinski definition) is 3. The summed E-state index contributed by atoms with van der Waals surface area (Å²) in [4.78, 5) is 11.3. The van der Waals surface area contributed by atoms with Gasteiger partial charge in [-0.1, -0.05) is 20.8 Å². The van der Waals surface area contributed by atoms with Crippen LogP contribution in [-0.2, 0) is 4.79 Å². The summed E-state index contributed by atoms with van der Waals surface area (Å²) < 4.78 is 0. The fourth-order valence-electron chi connectivity index (χ4n) is 0.715. The van der Waals surface area contributed by atoms with Crippen molar-refractivity contribution >= 4 is 17.7 Å². The number of carbonyl (C=O) groups excluding carboxylic acids is 1. The molecule has 14 heavy (non-hydrogen) atoms. The molecule has 4 heteroatoms. The Kier molecular flexibility index (Phi) is 7.01. The van der Waals surface area contributed by atoms with E-state index in [9.17, 15) is 9.90 Å². The molecular formula is C10H21NO2S. The first-order valence-corrected chi connectivity index (χ1v) is 6.04. The van der Waals surface area contributed by atoms with E-state index in [1.807, 2.05) is 6.92 Å². The van der Waals surface area contributed by atoms with Crippen molar-refractivity contribution in [1.29, 1.82) is 0 Å². The molecule has 0 saturated heterocycles. The zero-order valence-corrected chi connectivity index (χ0v) is 10.2. The van der Waals surface area contributed by atoms with Crippen molar-refractivity contribution in [2.24, 2.45) is 5.92 Å². The minimum Gasteiger partial charge on any atom is -0.392 e. The first kappa shape index (κ1) is 13.8. The summed E-state index contributed by atoms with van der Waals surface area (Å²) in [5.74, 6) is 0.966. The third-order valence-electron chi connectivity index (χ3n) is 1.86. The highest BCUT2D eigenvalue weighted by atomic mass is 32.2. The third kappa shape index (κ3) is 7.21. The standard InChI is InChI=1S/C10H21NO2S/c1-7(2)5-11-10(13)6-14-9(4)8(3)12/h7-9,12H,5-6H2,1-4H3,(H,11,13). The second-order valence-corrected chi connectivity index (χ2v) is 5.32. The number of aliphatic hydroxyl groups excluding tert-OH is 1. The number of amides is 1. The second-order valence-electron chi connectivity index (χ2n) is 3.95. The molecule has 1 amide bonds. The summed E-state index contributed by atoms with van der Waals surface area (Å²) in [7, 11) is 0. The fraction of sp³-hybridized carbons (Fsp3) is 0.900. The summed E-state index contributed by atoms with van der Waals surface area (Å²) in [5, 5.41) is 12.1. The van der Waals surface area contributed by atoms with Gasteiger partial charge in [-0.05, 0) is 12.8 Å². The van der Waals surface area contributed by atoms with Crippen LogP contribution in [0.4, 0.5) is 0 Å². The van der Waals surface area contributed by atoms with Gasteiger partial charge in [0.1, 0.15) is 0 Å². The number of nitrogens with one attached hydrogen (secondary N) is 1. The van der Waals surface area contributed by atoms with E-state index < -0.39 is 0 Å². The lowest BCUT2D eigenvalue weighted by Gasteiger charge is -2.14. The molecule has 84 valence electrons. The fourth-order valence-corrected chi connectivity index (χ4v) is 1.51. The molecule has 0 aromatic heterocycles. The molecule has 0 radical (unpaired) electrons. The monoisotopic (exact) mass is 219 g/mol. The number of rotatable bonds is 6. The average molecular weight is 219 g/mol. The Morgan fingerprint density at radius 2 is 1.93 bits per heavy atom. The predicted octanol–water partition coefficient (Wildman–Crippen LogP) is 1.26. The first-order valence-electron chi connectivity index (χ1n) is 4.99. The van der Waals surface area contributed by atoms with Crippen LogP contribution in [0.25, 0.3) is 0 Å². The highest BCUT2D eigenvalue weighted by Crippen LogP contribution is 2.13. The van der Waals surface area contributed by atoms with E-state index in [0.717, 1.165) is 6.54 Å². The molecule has 0 bridgehead atoms.